The van der Waals surface area contributed by atoms with E-state index in [0.717, 1.165) is 11.1 Å². The van der Waals surface area contributed by atoms with Crippen LogP contribution < -0.4 is 5.63 Å². The molecule has 0 aliphatic heterocycles. The summed E-state index contributed by atoms with van der Waals surface area (Å²) in [6.45, 7) is 5.95. The van der Waals surface area contributed by atoms with E-state index in [9.17, 15) is 4.79 Å². The van der Waals surface area contributed by atoms with Gasteiger partial charge in [-0.2, -0.15) is 0 Å². The van der Waals surface area contributed by atoms with Crippen molar-refractivity contribution >= 4 is 5.71 Å². The lowest BCUT2D eigenvalue weighted by Gasteiger charge is -2.30. The van der Waals surface area contributed by atoms with E-state index in [-0.39, 0.29) is 11.0 Å². The molecule has 0 bridgehead atoms. The molecule has 1 N–H and O–H groups in total. The Morgan fingerprint density at radius 1 is 1.44 bits per heavy atom. The third-order valence-electron chi connectivity index (χ3n) is 2.93. The van der Waals surface area contributed by atoms with Gasteiger partial charge in [0.2, 0.25) is 0 Å². The Kier molecular flexibility index (Phi) is 2.37. The summed E-state index contributed by atoms with van der Waals surface area (Å²) in [5.41, 5.74) is 1.83. The van der Waals surface area contributed by atoms with Gasteiger partial charge in [-0.3, -0.25) is 0 Å². The van der Waals surface area contributed by atoms with E-state index in [0.29, 0.717) is 24.3 Å². The van der Waals surface area contributed by atoms with E-state index >= 15 is 0 Å². The molecule has 16 heavy (non-hydrogen) atoms. The normalized spacial score (nSPS) is 20.8. The highest BCUT2D eigenvalue weighted by molar-refractivity contribution is 6.03. The largest absolute Gasteiger partial charge is 0.427 e. The molecule has 0 saturated heterocycles. The Bertz CT molecular complexity index is 511. The number of nitrogens with zero attached hydrogens (tertiary/aromatic N) is 1. The molecule has 0 saturated carbocycles. The molecule has 1 heterocycles. The highest BCUT2D eigenvalue weighted by atomic mass is 16.4. The van der Waals surface area contributed by atoms with Crippen molar-refractivity contribution in [1.82, 2.24) is 0 Å². The van der Waals surface area contributed by atoms with Crippen molar-refractivity contribution in [2.45, 2.75) is 33.6 Å². The van der Waals surface area contributed by atoms with Gasteiger partial charge >= 0.3 is 5.63 Å². The van der Waals surface area contributed by atoms with Crippen molar-refractivity contribution in [3.8, 4) is 0 Å². The molecule has 1 aromatic rings. The summed E-state index contributed by atoms with van der Waals surface area (Å²) in [6.07, 6.45) is 1.38. The van der Waals surface area contributed by atoms with Crippen LogP contribution in [-0.2, 0) is 6.42 Å². The van der Waals surface area contributed by atoms with E-state index in [1.165, 1.54) is 6.07 Å². The van der Waals surface area contributed by atoms with Crippen molar-refractivity contribution in [2.75, 3.05) is 0 Å². The van der Waals surface area contributed by atoms with Crippen molar-refractivity contribution in [3.05, 3.63) is 33.4 Å². The van der Waals surface area contributed by atoms with E-state index in [1.54, 1.807) is 0 Å². The molecular formula is C12H15NO3. The molecule has 4 heteroatoms. The molecule has 1 aliphatic carbocycles. The van der Waals surface area contributed by atoms with Crippen LogP contribution in [0.1, 0.15) is 37.2 Å². The van der Waals surface area contributed by atoms with Crippen LogP contribution in [0.4, 0.5) is 0 Å². The second-order valence-corrected chi connectivity index (χ2v) is 5.11. The van der Waals surface area contributed by atoms with Crippen molar-refractivity contribution in [3.63, 3.8) is 0 Å². The van der Waals surface area contributed by atoms with E-state index in [2.05, 4.69) is 19.0 Å². The molecule has 0 spiro atoms. The SMILES string of the molecule is Cc1cc(=O)oc2c1/C(=N/O)CC(C)(C)C2. The third-order valence-corrected chi connectivity index (χ3v) is 2.93. The summed E-state index contributed by atoms with van der Waals surface area (Å²) in [6, 6.07) is 1.43. The fourth-order valence-electron chi connectivity index (χ4n) is 2.31. The van der Waals surface area contributed by atoms with Crippen LogP contribution in [0.2, 0.25) is 0 Å². The molecule has 0 unspecified atom stereocenters. The maximum atomic E-state index is 11.3. The standard InChI is InChI=1S/C12H15NO3/c1-7-4-10(14)16-9-6-12(2,3)5-8(13-15)11(7)9/h4,15H,5-6H2,1-3H3/b13-8+. The topological polar surface area (TPSA) is 62.8 Å². The first kappa shape index (κ1) is 10.9. The van der Waals surface area contributed by atoms with Gasteiger partial charge in [0.05, 0.1) is 5.71 Å². The minimum Gasteiger partial charge on any atom is -0.427 e. The lowest BCUT2D eigenvalue weighted by atomic mass is 9.75. The molecule has 86 valence electrons. The second kappa shape index (κ2) is 3.47. The summed E-state index contributed by atoms with van der Waals surface area (Å²) in [7, 11) is 0. The van der Waals surface area contributed by atoms with Gasteiger partial charge in [-0.1, -0.05) is 19.0 Å². The van der Waals surface area contributed by atoms with Gasteiger partial charge in [0.15, 0.2) is 0 Å². The molecule has 1 aliphatic rings. The molecule has 0 fully saturated rings. The van der Waals surface area contributed by atoms with Gasteiger partial charge in [0.25, 0.3) is 0 Å². The fourth-order valence-corrected chi connectivity index (χ4v) is 2.31. The molecule has 0 aromatic carbocycles. The second-order valence-electron chi connectivity index (χ2n) is 5.11. The van der Waals surface area contributed by atoms with E-state index < -0.39 is 0 Å². The Morgan fingerprint density at radius 3 is 2.75 bits per heavy atom. The number of rotatable bonds is 0. The monoisotopic (exact) mass is 221 g/mol. The first-order valence-electron chi connectivity index (χ1n) is 5.28. The first-order chi connectivity index (χ1) is 7.43. The van der Waals surface area contributed by atoms with Crippen LogP contribution in [0.3, 0.4) is 0 Å². The number of hydrogen-bond acceptors (Lipinski definition) is 4. The Labute approximate surface area is 93.6 Å². The summed E-state index contributed by atoms with van der Waals surface area (Å²) >= 11 is 0. The van der Waals surface area contributed by atoms with E-state index in [1.807, 2.05) is 6.92 Å². The van der Waals surface area contributed by atoms with E-state index in [4.69, 9.17) is 9.62 Å². The molecule has 0 amide bonds. The predicted molar refractivity (Wildman–Crippen MR) is 60.1 cm³/mol. The Balaban J connectivity index is 2.68. The number of aryl methyl sites for hydroxylation is 1. The minimum atomic E-state index is -0.341. The van der Waals surface area contributed by atoms with Crippen LogP contribution in [0, 0.1) is 12.3 Å². The van der Waals surface area contributed by atoms with Crippen molar-refractivity contribution in [2.24, 2.45) is 10.6 Å². The van der Waals surface area contributed by atoms with Crippen LogP contribution in [0.15, 0.2) is 20.4 Å². The van der Waals surface area contributed by atoms with Gasteiger partial charge in [-0.15, -0.1) is 0 Å². The molecule has 1 aromatic heterocycles. The zero-order valence-corrected chi connectivity index (χ0v) is 9.70. The quantitative estimate of drug-likeness (QED) is 0.539. The summed E-state index contributed by atoms with van der Waals surface area (Å²) < 4.78 is 5.20. The zero-order chi connectivity index (χ0) is 11.9. The first-order valence-corrected chi connectivity index (χ1v) is 5.28. The maximum absolute atomic E-state index is 11.3. The molecular weight excluding hydrogens is 206 g/mol. The zero-order valence-electron chi connectivity index (χ0n) is 9.70. The van der Waals surface area contributed by atoms with Gasteiger partial charge in [-0.25, -0.2) is 4.79 Å². The maximum Gasteiger partial charge on any atom is 0.336 e. The van der Waals surface area contributed by atoms with Crippen molar-refractivity contribution < 1.29 is 9.62 Å². The molecule has 0 radical (unpaired) electrons. The van der Waals surface area contributed by atoms with Crippen LogP contribution >= 0.6 is 0 Å². The smallest absolute Gasteiger partial charge is 0.336 e. The van der Waals surface area contributed by atoms with Crippen LogP contribution in [-0.4, -0.2) is 10.9 Å². The van der Waals surface area contributed by atoms with Gasteiger partial charge in [-0.05, 0) is 24.3 Å². The van der Waals surface area contributed by atoms with Crippen LogP contribution in [0.5, 0.6) is 0 Å². The summed E-state index contributed by atoms with van der Waals surface area (Å²) in [5, 5.41) is 12.4. The van der Waals surface area contributed by atoms with Gasteiger partial charge in [0, 0.05) is 18.1 Å². The van der Waals surface area contributed by atoms with Gasteiger partial charge < -0.3 is 9.62 Å². The predicted octanol–water partition coefficient (Wildman–Crippen LogP) is 2.10. The van der Waals surface area contributed by atoms with Crippen LogP contribution in [0.25, 0.3) is 0 Å². The summed E-state index contributed by atoms with van der Waals surface area (Å²) in [4.78, 5) is 11.3. The highest BCUT2D eigenvalue weighted by Crippen LogP contribution is 2.35. The Morgan fingerprint density at radius 2 is 2.12 bits per heavy atom. The highest BCUT2D eigenvalue weighted by Gasteiger charge is 2.33. The lowest BCUT2D eigenvalue weighted by molar-refractivity contribution is 0.291. The lowest BCUT2D eigenvalue weighted by Crippen LogP contribution is -2.29. The number of hydrogen-bond donors (Lipinski definition) is 1. The van der Waals surface area contributed by atoms with Crippen molar-refractivity contribution in [1.29, 1.82) is 0 Å². The number of fused-ring (bicyclic) bond motifs is 1. The Hall–Kier alpha value is -1.58. The average Bonchev–Trinajstić information content (AvgIpc) is 2.13. The van der Waals surface area contributed by atoms with Gasteiger partial charge in [0.1, 0.15) is 5.76 Å². The molecule has 2 rings (SSSR count). The number of oxime groups is 1. The third kappa shape index (κ3) is 1.75. The average molecular weight is 221 g/mol. The molecule has 4 nitrogen and oxygen atoms in total. The molecule has 0 atom stereocenters. The minimum absolute atomic E-state index is 0.0434. The summed E-state index contributed by atoms with van der Waals surface area (Å²) in [5.74, 6) is 0.633. The fraction of sp³-hybridized carbons (Fsp3) is 0.500.